The highest BCUT2D eigenvalue weighted by Gasteiger charge is 2.34. The molecule has 0 aliphatic carbocycles. The van der Waals surface area contributed by atoms with Gasteiger partial charge in [0.15, 0.2) is 0 Å². The minimum Gasteiger partial charge on any atom is -0.480 e. The Morgan fingerprint density at radius 2 is 1.80 bits per heavy atom. The van der Waals surface area contributed by atoms with E-state index in [9.17, 15) is 29.4 Å². The number of amides is 3. The van der Waals surface area contributed by atoms with Crippen LogP contribution < -0.4 is 16.1 Å². The number of aliphatic hydroxyl groups is 1. The van der Waals surface area contributed by atoms with E-state index in [-0.39, 0.29) is 11.8 Å². The van der Waals surface area contributed by atoms with E-state index in [1.807, 2.05) is 12.1 Å². The van der Waals surface area contributed by atoms with E-state index in [0.29, 0.717) is 36.2 Å². The van der Waals surface area contributed by atoms with E-state index in [1.54, 1.807) is 59.2 Å². The van der Waals surface area contributed by atoms with E-state index in [0.717, 1.165) is 5.39 Å². The van der Waals surface area contributed by atoms with Crippen molar-refractivity contribution in [3.05, 3.63) is 41.9 Å². The van der Waals surface area contributed by atoms with Crippen LogP contribution in [0.15, 0.2) is 30.6 Å². The third kappa shape index (κ3) is 8.08. The number of nitrogens with zero attached hydrogens (tertiary/aromatic N) is 3. The average molecular weight is 569 g/mol. The predicted octanol–water partition coefficient (Wildman–Crippen LogP) is 1.95. The fourth-order valence-corrected chi connectivity index (χ4v) is 4.34. The lowest BCUT2D eigenvalue weighted by molar-refractivity contribution is -0.148. The van der Waals surface area contributed by atoms with Crippen LogP contribution in [0.2, 0.25) is 0 Å². The number of carboxylic acid groups (broad SMARTS) is 1. The molecule has 0 spiro atoms. The van der Waals surface area contributed by atoms with Crippen molar-refractivity contribution in [1.82, 2.24) is 31.0 Å². The molecule has 1 aliphatic heterocycles. The summed E-state index contributed by atoms with van der Waals surface area (Å²) in [5.74, 6) is -2.68. The maximum Gasteiger partial charge on any atom is 0.322 e. The van der Waals surface area contributed by atoms with Gasteiger partial charge in [-0.25, -0.2) is 5.43 Å². The molecule has 12 nitrogen and oxygen atoms in total. The summed E-state index contributed by atoms with van der Waals surface area (Å²) in [7, 11) is 0. The summed E-state index contributed by atoms with van der Waals surface area (Å²) < 4.78 is 0. The first-order chi connectivity index (χ1) is 19.2. The van der Waals surface area contributed by atoms with Gasteiger partial charge in [0.25, 0.3) is 5.91 Å². The van der Waals surface area contributed by atoms with E-state index in [2.05, 4.69) is 26.0 Å². The van der Waals surface area contributed by atoms with Crippen LogP contribution in [0.25, 0.3) is 17.0 Å². The Balaban J connectivity index is 1.66. The summed E-state index contributed by atoms with van der Waals surface area (Å²) in [5, 5.41) is 26.6. The molecule has 0 unspecified atom stereocenters. The number of carboxylic acids is 1. The van der Waals surface area contributed by atoms with Crippen LogP contribution in [0.5, 0.6) is 0 Å². The molecule has 0 aromatic carbocycles. The second-order valence-corrected chi connectivity index (χ2v) is 11.4. The van der Waals surface area contributed by atoms with Crippen LogP contribution in [-0.4, -0.2) is 73.6 Å². The van der Waals surface area contributed by atoms with Crippen LogP contribution in [0.1, 0.15) is 71.7 Å². The number of carbonyl (C=O) groups is 4. The molecular weight excluding hydrogens is 528 g/mol. The minimum absolute atomic E-state index is 0.275. The number of pyridine rings is 2. The van der Waals surface area contributed by atoms with Crippen molar-refractivity contribution in [2.45, 2.75) is 78.6 Å². The largest absolute Gasteiger partial charge is 0.480 e. The number of rotatable bonds is 10. The summed E-state index contributed by atoms with van der Waals surface area (Å²) in [4.78, 5) is 59.3. The van der Waals surface area contributed by atoms with E-state index < -0.39 is 47.4 Å². The molecule has 1 fully saturated rings. The molecule has 1 aliphatic rings. The number of nitrogens with one attached hydrogen (secondary N) is 3. The monoisotopic (exact) mass is 568 g/mol. The summed E-state index contributed by atoms with van der Waals surface area (Å²) in [6.45, 7) is 10.5. The fraction of sp³-hybridized carbons (Fsp3) is 0.517. The van der Waals surface area contributed by atoms with Crippen LogP contribution >= 0.6 is 0 Å². The van der Waals surface area contributed by atoms with Gasteiger partial charge in [-0.15, -0.1) is 0 Å². The Morgan fingerprint density at radius 1 is 1.10 bits per heavy atom. The first-order valence-corrected chi connectivity index (χ1v) is 13.7. The van der Waals surface area contributed by atoms with Gasteiger partial charge in [0.2, 0.25) is 11.8 Å². The highest BCUT2D eigenvalue weighted by atomic mass is 16.4. The molecule has 0 saturated carbocycles. The summed E-state index contributed by atoms with van der Waals surface area (Å²) in [6, 6.07) is 0.952. The number of hydrazine groups is 1. The molecule has 1 saturated heterocycles. The molecule has 0 bridgehead atoms. The molecule has 0 radical (unpaired) electrons. The Morgan fingerprint density at radius 3 is 2.44 bits per heavy atom. The summed E-state index contributed by atoms with van der Waals surface area (Å²) in [6.07, 6.45) is 6.92. The molecule has 3 rings (SSSR count). The van der Waals surface area contributed by atoms with Crippen molar-refractivity contribution in [2.75, 3.05) is 6.54 Å². The lowest BCUT2D eigenvalue weighted by Gasteiger charge is -2.34. The minimum atomic E-state index is -1.04. The molecule has 4 atom stereocenters. The lowest BCUT2D eigenvalue weighted by Crippen LogP contribution is -2.61. The van der Waals surface area contributed by atoms with Gasteiger partial charge in [0.1, 0.15) is 18.1 Å². The molecule has 3 heterocycles. The van der Waals surface area contributed by atoms with Crippen LogP contribution in [-0.2, 0) is 19.2 Å². The average Bonchev–Trinajstić information content (AvgIpc) is 2.93. The third-order valence-corrected chi connectivity index (χ3v) is 7.06. The Bertz CT molecular complexity index is 1320. The summed E-state index contributed by atoms with van der Waals surface area (Å²) >= 11 is 0. The van der Waals surface area contributed by atoms with Gasteiger partial charge in [0, 0.05) is 18.1 Å². The second kappa shape index (κ2) is 13.2. The second-order valence-electron chi connectivity index (χ2n) is 11.4. The van der Waals surface area contributed by atoms with Crippen molar-refractivity contribution in [2.24, 2.45) is 11.3 Å². The maximum absolute atomic E-state index is 13.3. The number of hydrogen-bond donors (Lipinski definition) is 5. The van der Waals surface area contributed by atoms with E-state index in [1.165, 1.54) is 11.9 Å². The number of aliphatic carboxylic acids is 1. The van der Waals surface area contributed by atoms with Gasteiger partial charge < -0.3 is 20.8 Å². The van der Waals surface area contributed by atoms with Crippen molar-refractivity contribution >= 4 is 40.7 Å². The molecule has 2 aromatic heterocycles. The normalized spacial score (nSPS) is 18.2. The van der Waals surface area contributed by atoms with Gasteiger partial charge in [0.05, 0.1) is 28.9 Å². The SMILES string of the molecule is CC(C)[C@H](NC(=O)C(C)(C)/C=C/c1cc2cc([C@@H](C)O)cnc2cn1)C(=O)N[C@@H](C)C(=O)N1CCC[C@@H](C(=O)O)N1. The Hall–Kier alpha value is -3.90. The first-order valence-electron chi connectivity index (χ1n) is 13.7. The number of aliphatic hydroxyl groups excluding tert-OH is 1. The smallest absolute Gasteiger partial charge is 0.322 e. The molecule has 2 aromatic rings. The van der Waals surface area contributed by atoms with Crippen LogP contribution in [0, 0.1) is 11.3 Å². The molecule has 3 amide bonds. The standard InChI is InChI=1S/C29H40N6O6/c1-16(2)24(25(37)32-17(3)26(38)35-11-7-8-22(34-35)27(39)40)33-28(41)29(5,6)10-9-21-13-19-12-20(18(4)36)14-31-23(19)15-30-21/h9-10,12-18,22,24,34,36H,7-8,11H2,1-6H3,(H,32,37)(H,33,41)(H,39,40)/b10-9+/t17-,18+,22-,24-/m0/s1. The van der Waals surface area contributed by atoms with Crippen molar-refractivity contribution in [3.8, 4) is 0 Å². The van der Waals surface area contributed by atoms with Crippen molar-refractivity contribution in [1.29, 1.82) is 0 Å². The van der Waals surface area contributed by atoms with Gasteiger partial charge in [-0.05, 0) is 70.2 Å². The fourth-order valence-electron chi connectivity index (χ4n) is 4.34. The summed E-state index contributed by atoms with van der Waals surface area (Å²) in [5.41, 5.74) is 3.65. The van der Waals surface area contributed by atoms with Gasteiger partial charge in [-0.1, -0.05) is 19.9 Å². The highest BCUT2D eigenvalue weighted by Crippen LogP contribution is 2.22. The quantitative estimate of drug-likeness (QED) is 0.287. The number of aromatic nitrogens is 2. The topological polar surface area (TPSA) is 174 Å². The number of hydrogen-bond acceptors (Lipinski definition) is 8. The first kappa shape index (κ1) is 31.6. The maximum atomic E-state index is 13.3. The highest BCUT2D eigenvalue weighted by molar-refractivity contribution is 5.94. The zero-order chi connectivity index (χ0) is 30.5. The zero-order valence-electron chi connectivity index (χ0n) is 24.3. The Kier molecular flexibility index (Phi) is 10.2. The van der Waals surface area contributed by atoms with E-state index >= 15 is 0 Å². The van der Waals surface area contributed by atoms with Crippen molar-refractivity contribution in [3.63, 3.8) is 0 Å². The van der Waals surface area contributed by atoms with E-state index in [4.69, 9.17) is 0 Å². The van der Waals surface area contributed by atoms with Crippen LogP contribution in [0.3, 0.4) is 0 Å². The molecule has 5 N–H and O–H groups in total. The molecule has 222 valence electrons. The zero-order valence-corrected chi connectivity index (χ0v) is 24.3. The molecular formula is C29H40N6O6. The number of carbonyl (C=O) groups excluding carboxylic acids is 3. The molecule has 12 heteroatoms. The van der Waals surface area contributed by atoms with Crippen LogP contribution in [0.4, 0.5) is 0 Å². The Labute approximate surface area is 239 Å². The number of fused-ring (bicyclic) bond motifs is 1. The van der Waals surface area contributed by atoms with Gasteiger partial charge >= 0.3 is 5.97 Å². The predicted molar refractivity (Wildman–Crippen MR) is 153 cm³/mol. The lowest BCUT2D eigenvalue weighted by atomic mass is 9.90. The van der Waals surface area contributed by atoms with Crippen molar-refractivity contribution < 1.29 is 29.4 Å². The van der Waals surface area contributed by atoms with Gasteiger partial charge in [-0.3, -0.25) is 34.2 Å². The molecule has 41 heavy (non-hydrogen) atoms. The van der Waals surface area contributed by atoms with Gasteiger partial charge in [-0.2, -0.15) is 0 Å². The third-order valence-electron chi connectivity index (χ3n) is 7.06.